The van der Waals surface area contributed by atoms with Gasteiger partial charge in [-0.1, -0.05) is 6.07 Å². The van der Waals surface area contributed by atoms with Crippen molar-refractivity contribution < 1.29 is 9.53 Å². The average molecular weight is 259 g/mol. The molecule has 0 unspecified atom stereocenters. The summed E-state index contributed by atoms with van der Waals surface area (Å²) in [7, 11) is 0. The van der Waals surface area contributed by atoms with Crippen LogP contribution in [0.1, 0.15) is 6.42 Å². The van der Waals surface area contributed by atoms with Gasteiger partial charge in [0, 0.05) is 11.8 Å². The Morgan fingerprint density at radius 3 is 3.00 bits per heavy atom. The zero-order chi connectivity index (χ0) is 13.5. The number of hydrogen-bond donors (Lipinski definition) is 2. The molecule has 1 heterocycles. The van der Waals surface area contributed by atoms with E-state index in [0.717, 1.165) is 0 Å². The molecule has 19 heavy (non-hydrogen) atoms. The zero-order valence-electron chi connectivity index (χ0n) is 10.1. The van der Waals surface area contributed by atoms with E-state index in [0.29, 0.717) is 11.4 Å². The summed E-state index contributed by atoms with van der Waals surface area (Å²) in [5.41, 5.74) is 6.23. The van der Waals surface area contributed by atoms with Crippen molar-refractivity contribution in [3.8, 4) is 5.75 Å². The second-order valence-corrected chi connectivity index (χ2v) is 3.69. The fourth-order valence-electron chi connectivity index (χ4n) is 1.36. The van der Waals surface area contributed by atoms with Crippen molar-refractivity contribution in [3.63, 3.8) is 0 Å². The van der Waals surface area contributed by atoms with Crippen LogP contribution in [0.2, 0.25) is 0 Å². The first-order valence-electron chi connectivity index (χ1n) is 5.66. The molecule has 2 rings (SSSR count). The van der Waals surface area contributed by atoms with E-state index in [4.69, 9.17) is 10.5 Å². The molecule has 0 radical (unpaired) electrons. The summed E-state index contributed by atoms with van der Waals surface area (Å²) in [6.07, 6.45) is 3.07. The van der Waals surface area contributed by atoms with Gasteiger partial charge in [-0.25, -0.2) is 4.98 Å². The third kappa shape index (κ3) is 4.23. The highest BCUT2D eigenvalue weighted by molar-refractivity contribution is 5.88. The van der Waals surface area contributed by atoms with Crippen molar-refractivity contribution in [3.05, 3.63) is 36.7 Å². The molecule has 3 N–H and O–H groups in total. The van der Waals surface area contributed by atoms with Crippen LogP contribution in [0.3, 0.4) is 0 Å². The van der Waals surface area contributed by atoms with Gasteiger partial charge in [-0.05, 0) is 12.1 Å². The summed E-state index contributed by atoms with van der Waals surface area (Å²) in [5.74, 6) is 0.568. The van der Waals surface area contributed by atoms with E-state index >= 15 is 0 Å². The van der Waals surface area contributed by atoms with E-state index in [1.165, 1.54) is 12.4 Å². The number of carbonyl (C=O) groups is 1. The second kappa shape index (κ2) is 6.29. The number of amides is 1. The molecule has 0 bridgehead atoms. The van der Waals surface area contributed by atoms with Gasteiger partial charge in [-0.2, -0.15) is 5.10 Å². The molecule has 1 amide bonds. The van der Waals surface area contributed by atoms with Crippen molar-refractivity contribution in [1.82, 2.24) is 15.2 Å². The predicted octanol–water partition coefficient (Wildman–Crippen LogP) is 0.861. The fourth-order valence-corrected chi connectivity index (χ4v) is 1.36. The number of nitrogens with zero attached hydrogens (tertiary/aromatic N) is 3. The number of nitrogens with two attached hydrogens (primary N) is 1. The molecule has 0 aliphatic heterocycles. The standard InChI is InChI=1S/C12H13N5O2/c13-9-2-1-3-10(8-9)19-7-4-11(18)16-12-14-5-6-15-17-12/h1-3,5-6,8H,4,7,13H2,(H,14,16,17,18). The summed E-state index contributed by atoms with van der Waals surface area (Å²) in [6, 6.07) is 7.02. The Balaban J connectivity index is 1.75. The van der Waals surface area contributed by atoms with Crippen LogP contribution in [0.15, 0.2) is 36.7 Å². The Morgan fingerprint density at radius 1 is 1.37 bits per heavy atom. The summed E-state index contributed by atoms with van der Waals surface area (Å²) < 4.78 is 5.40. The van der Waals surface area contributed by atoms with Crippen LogP contribution < -0.4 is 15.8 Å². The number of nitrogen functional groups attached to an aromatic ring is 1. The van der Waals surface area contributed by atoms with Gasteiger partial charge in [-0.15, -0.1) is 5.10 Å². The van der Waals surface area contributed by atoms with Crippen molar-refractivity contribution in [1.29, 1.82) is 0 Å². The van der Waals surface area contributed by atoms with Crippen LogP contribution in [-0.2, 0) is 4.79 Å². The number of rotatable bonds is 5. The molecule has 0 saturated carbocycles. The van der Waals surface area contributed by atoms with Gasteiger partial charge in [0.15, 0.2) is 0 Å². The topological polar surface area (TPSA) is 103 Å². The Labute approximate surface area is 109 Å². The molecule has 0 atom stereocenters. The number of carbonyl (C=O) groups excluding carboxylic acids is 1. The molecule has 1 aromatic carbocycles. The largest absolute Gasteiger partial charge is 0.493 e. The number of benzene rings is 1. The maximum absolute atomic E-state index is 11.5. The molecule has 0 aliphatic carbocycles. The van der Waals surface area contributed by atoms with Crippen LogP contribution in [-0.4, -0.2) is 27.7 Å². The SMILES string of the molecule is Nc1cccc(OCCC(=O)Nc2nccnn2)c1. The maximum Gasteiger partial charge on any atom is 0.249 e. The van der Waals surface area contributed by atoms with Crippen molar-refractivity contribution in [2.45, 2.75) is 6.42 Å². The minimum Gasteiger partial charge on any atom is -0.493 e. The minimum absolute atomic E-state index is 0.177. The highest BCUT2D eigenvalue weighted by Crippen LogP contribution is 2.14. The smallest absolute Gasteiger partial charge is 0.249 e. The lowest BCUT2D eigenvalue weighted by molar-refractivity contribution is -0.116. The number of nitrogens with one attached hydrogen (secondary N) is 1. The lowest BCUT2D eigenvalue weighted by Gasteiger charge is -2.06. The molecule has 1 aromatic heterocycles. The lowest BCUT2D eigenvalue weighted by Crippen LogP contribution is -2.17. The van der Waals surface area contributed by atoms with Gasteiger partial charge < -0.3 is 10.5 Å². The summed E-state index contributed by atoms with van der Waals surface area (Å²) in [4.78, 5) is 15.4. The summed E-state index contributed by atoms with van der Waals surface area (Å²) in [6.45, 7) is 0.246. The molecular formula is C12H13N5O2. The monoisotopic (exact) mass is 259 g/mol. The van der Waals surface area contributed by atoms with Crippen molar-refractivity contribution in [2.75, 3.05) is 17.7 Å². The van der Waals surface area contributed by atoms with Crippen LogP contribution in [0.25, 0.3) is 0 Å². The van der Waals surface area contributed by atoms with Gasteiger partial charge in [0.25, 0.3) is 0 Å². The Morgan fingerprint density at radius 2 is 2.26 bits per heavy atom. The molecule has 7 heteroatoms. The van der Waals surface area contributed by atoms with Crippen LogP contribution in [0, 0.1) is 0 Å². The quantitative estimate of drug-likeness (QED) is 0.772. The molecular weight excluding hydrogens is 246 g/mol. The Bertz CT molecular complexity index is 547. The number of anilines is 2. The molecule has 98 valence electrons. The third-order valence-electron chi connectivity index (χ3n) is 2.19. The first-order valence-corrected chi connectivity index (χ1v) is 5.66. The number of hydrogen-bond acceptors (Lipinski definition) is 6. The van der Waals surface area contributed by atoms with E-state index in [1.807, 2.05) is 0 Å². The van der Waals surface area contributed by atoms with Crippen LogP contribution >= 0.6 is 0 Å². The Hall–Kier alpha value is -2.70. The van der Waals surface area contributed by atoms with Gasteiger partial charge in [0.05, 0.1) is 25.4 Å². The van der Waals surface area contributed by atoms with E-state index in [1.54, 1.807) is 24.3 Å². The predicted molar refractivity (Wildman–Crippen MR) is 69.4 cm³/mol. The zero-order valence-corrected chi connectivity index (χ0v) is 10.1. The number of ether oxygens (including phenoxy) is 1. The molecule has 0 spiro atoms. The normalized spacial score (nSPS) is 9.89. The third-order valence-corrected chi connectivity index (χ3v) is 2.19. The molecule has 2 aromatic rings. The fraction of sp³-hybridized carbons (Fsp3) is 0.167. The van der Waals surface area contributed by atoms with Crippen LogP contribution in [0.4, 0.5) is 11.6 Å². The maximum atomic E-state index is 11.5. The van der Waals surface area contributed by atoms with E-state index in [2.05, 4.69) is 20.5 Å². The summed E-state index contributed by atoms with van der Waals surface area (Å²) in [5, 5.41) is 9.76. The van der Waals surface area contributed by atoms with Gasteiger partial charge in [0.2, 0.25) is 11.9 Å². The Kier molecular flexibility index (Phi) is 4.22. The van der Waals surface area contributed by atoms with Gasteiger partial charge >= 0.3 is 0 Å². The minimum atomic E-state index is -0.239. The average Bonchev–Trinajstić information content (AvgIpc) is 2.40. The van der Waals surface area contributed by atoms with Gasteiger partial charge in [-0.3, -0.25) is 10.1 Å². The van der Waals surface area contributed by atoms with Gasteiger partial charge in [0.1, 0.15) is 5.75 Å². The molecule has 0 fully saturated rings. The van der Waals surface area contributed by atoms with Crippen molar-refractivity contribution in [2.24, 2.45) is 0 Å². The molecule has 0 saturated heterocycles. The van der Waals surface area contributed by atoms with E-state index in [9.17, 15) is 4.79 Å². The highest BCUT2D eigenvalue weighted by Gasteiger charge is 2.04. The van der Waals surface area contributed by atoms with E-state index in [-0.39, 0.29) is 24.9 Å². The first kappa shape index (κ1) is 12.7. The highest BCUT2D eigenvalue weighted by atomic mass is 16.5. The summed E-state index contributed by atoms with van der Waals surface area (Å²) >= 11 is 0. The second-order valence-electron chi connectivity index (χ2n) is 3.69. The van der Waals surface area contributed by atoms with E-state index < -0.39 is 0 Å². The van der Waals surface area contributed by atoms with Crippen molar-refractivity contribution >= 4 is 17.5 Å². The van der Waals surface area contributed by atoms with Crippen LogP contribution in [0.5, 0.6) is 5.75 Å². The number of aromatic nitrogens is 3. The molecule has 7 nitrogen and oxygen atoms in total. The molecule has 0 aliphatic rings. The first-order chi connectivity index (χ1) is 9.24. The lowest BCUT2D eigenvalue weighted by atomic mass is 10.3.